The lowest BCUT2D eigenvalue weighted by Gasteiger charge is -2.38. The Morgan fingerprint density at radius 3 is 1.24 bits per heavy atom. The Morgan fingerprint density at radius 2 is 0.829 bits per heavy atom. The minimum Gasteiger partial charge on any atom is -0.457 e. The fourth-order valence-corrected chi connectivity index (χ4v) is 12.2. The fraction of sp³-hybridized carbons (Fsp3) is 0.111. The number of ether oxygens (including phenoxy) is 2. The van der Waals surface area contributed by atoms with Crippen molar-refractivity contribution >= 4 is 41.8 Å². The van der Waals surface area contributed by atoms with Crippen LogP contribution >= 0.6 is 12.0 Å². The summed E-state index contributed by atoms with van der Waals surface area (Å²) in [5.41, 5.74) is -3.73. The molecule has 0 radical (unpaired) electrons. The molecule has 0 saturated heterocycles. The first kappa shape index (κ1) is 55.2. The standard InChI is InChI=1S/C54H40F6O12S4/c1-34-3-21-44(22-4-34)74(62,63)46-25-17-42(18-26-46)69-40-13-9-38(10-14-40)52(53(55,56)57,54(58,59)60)39-11-15-41(16-12-39)70-43-19-27-47(28-20-43)75(64,65)45-23-6-36(7-24-45)32-37-8-30-49(51(33-37)76(66,67)68)48-29-5-35(2)31-50(48)73-72-71-61/h3-31,33,61H,32H2,1-2H3,(H,66,67,68). The van der Waals surface area contributed by atoms with E-state index in [0.717, 1.165) is 35.4 Å². The number of aryl methyl sites for hydroxylation is 2. The monoisotopic (exact) mass is 1120 g/mol. The highest BCUT2D eigenvalue weighted by Gasteiger charge is 2.72. The normalized spacial score (nSPS) is 12.6. The number of hydrogen-bond donors (Lipinski definition) is 2. The van der Waals surface area contributed by atoms with Crippen LogP contribution in [0, 0.1) is 13.8 Å². The molecule has 0 saturated carbocycles. The van der Waals surface area contributed by atoms with Gasteiger partial charge in [-0.05, 0) is 163 Å². The maximum atomic E-state index is 15.0. The average Bonchev–Trinajstić information content (AvgIpc) is 3.38. The summed E-state index contributed by atoms with van der Waals surface area (Å²) in [5.74, 6) is -0.248. The Hall–Kier alpha value is -7.02. The highest BCUT2D eigenvalue weighted by molar-refractivity contribution is 7.94. The van der Waals surface area contributed by atoms with Crippen molar-refractivity contribution in [3.05, 3.63) is 215 Å². The zero-order valence-electron chi connectivity index (χ0n) is 39.4. The fourth-order valence-electron chi connectivity index (χ4n) is 8.27. The summed E-state index contributed by atoms with van der Waals surface area (Å²) < 4.78 is 195. The van der Waals surface area contributed by atoms with Crippen LogP contribution in [0.15, 0.2) is 211 Å². The first-order valence-electron chi connectivity index (χ1n) is 22.2. The molecular formula is C54H40F6O12S4. The topological polar surface area (TPSA) is 180 Å². The van der Waals surface area contributed by atoms with Crippen molar-refractivity contribution in [3.63, 3.8) is 0 Å². The molecule has 0 aliphatic heterocycles. The third kappa shape index (κ3) is 11.5. The molecule has 8 aromatic carbocycles. The molecule has 0 spiro atoms. The van der Waals surface area contributed by atoms with Gasteiger partial charge in [-0.2, -0.15) is 34.8 Å². The lowest BCUT2D eigenvalue weighted by molar-refractivity contribution is -0.432. The van der Waals surface area contributed by atoms with E-state index < -0.39 is 63.6 Å². The molecule has 0 heterocycles. The predicted octanol–water partition coefficient (Wildman–Crippen LogP) is 13.9. The van der Waals surface area contributed by atoms with Gasteiger partial charge < -0.3 is 9.47 Å². The summed E-state index contributed by atoms with van der Waals surface area (Å²) in [6, 6.07) is 37.4. The number of sulfone groups is 2. The smallest absolute Gasteiger partial charge is 0.411 e. The first-order chi connectivity index (χ1) is 35.8. The van der Waals surface area contributed by atoms with Gasteiger partial charge in [0.05, 0.1) is 31.6 Å². The Balaban J connectivity index is 0.952. The van der Waals surface area contributed by atoms with E-state index in [4.69, 9.17) is 14.7 Å². The SMILES string of the molecule is Cc1ccc(S(=O)(=O)c2ccc(Oc3ccc(C(c4ccc(Oc5ccc(S(=O)(=O)c6ccc(Cc7ccc(-c8ccc(C)cc8SOOO)c(S(=O)(=O)O)c7)cc6)cc5)cc4)(C(F)(F)F)C(F)(F)F)cc3)cc2)cc1. The summed E-state index contributed by atoms with van der Waals surface area (Å²) >= 11 is 0.614. The van der Waals surface area contributed by atoms with Gasteiger partial charge in [0.25, 0.3) is 10.1 Å². The highest BCUT2D eigenvalue weighted by Crippen LogP contribution is 2.56. The third-order valence-corrected chi connectivity index (χ3v) is 17.2. The second kappa shape index (κ2) is 21.5. The van der Waals surface area contributed by atoms with Gasteiger partial charge in [-0.3, -0.25) is 4.55 Å². The van der Waals surface area contributed by atoms with Gasteiger partial charge in [0, 0.05) is 10.5 Å². The van der Waals surface area contributed by atoms with Crippen molar-refractivity contribution in [2.45, 2.75) is 67.4 Å². The lowest BCUT2D eigenvalue weighted by Crippen LogP contribution is -2.54. The van der Waals surface area contributed by atoms with E-state index in [-0.39, 0.29) is 54.6 Å². The first-order valence-corrected chi connectivity index (χ1v) is 27.4. The van der Waals surface area contributed by atoms with Crippen LogP contribution in [-0.4, -0.2) is 47.4 Å². The summed E-state index contributed by atoms with van der Waals surface area (Å²) in [4.78, 5) is -0.365. The highest BCUT2D eigenvalue weighted by atomic mass is 32.2. The summed E-state index contributed by atoms with van der Waals surface area (Å²) in [7, 11) is -12.8. The maximum absolute atomic E-state index is 15.0. The van der Waals surface area contributed by atoms with Crippen LogP contribution < -0.4 is 9.47 Å². The predicted molar refractivity (Wildman–Crippen MR) is 267 cm³/mol. The van der Waals surface area contributed by atoms with Crippen molar-refractivity contribution in [1.82, 2.24) is 0 Å². The Bertz CT molecular complexity index is 3710. The number of halogens is 6. The van der Waals surface area contributed by atoms with Crippen LogP contribution in [0.1, 0.15) is 33.4 Å². The molecular weight excluding hydrogens is 1080 g/mol. The lowest BCUT2D eigenvalue weighted by atomic mass is 9.73. The molecule has 0 aliphatic carbocycles. The van der Waals surface area contributed by atoms with Gasteiger partial charge in [0.15, 0.2) is 0 Å². The molecule has 22 heteroatoms. The van der Waals surface area contributed by atoms with Crippen LogP contribution in [-0.2, 0) is 51.0 Å². The molecule has 0 aliphatic rings. The second-order valence-corrected chi connectivity index (χ2v) is 23.1. The number of alkyl halides is 6. The van der Waals surface area contributed by atoms with Gasteiger partial charge in [-0.25, -0.2) is 22.1 Å². The minimum absolute atomic E-state index is 0.00165. The Morgan fingerprint density at radius 1 is 0.461 bits per heavy atom. The maximum Gasteiger partial charge on any atom is 0.411 e. The molecule has 2 N–H and O–H groups in total. The van der Waals surface area contributed by atoms with Crippen LogP contribution in [0.25, 0.3) is 11.1 Å². The van der Waals surface area contributed by atoms with E-state index in [1.54, 1.807) is 50.2 Å². The van der Waals surface area contributed by atoms with Crippen molar-refractivity contribution < 1.29 is 80.3 Å². The average molecular weight is 1120 g/mol. The van der Waals surface area contributed by atoms with Gasteiger partial charge in [0.1, 0.15) is 27.9 Å². The zero-order valence-corrected chi connectivity index (χ0v) is 42.7. The van der Waals surface area contributed by atoms with Crippen molar-refractivity contribution in [1.29, 1.82) is 0 Å². The molecule has 0 amide bonds. The molecule has 8 rings (SSSR count). The van der Waals surface area contributed by atoms with Crippen molar-refractivity contribution in [2.75, 3.05) is 0 Å². The molecule has 0 aromatic heterocycles. The summed E-state index contributed by atoms with van der Waals surface area (Å²) in [5, 5.41) is 12.4. The molecule has 0 unspecified atom stereocenters. The molecule has 8 aromatic rings. The van der Waals surface area contributed by atoms with E-state index in [0.29, 0.717) is 57.9 Å². The molecule has 0 atom stereocenters. The molecule has 76 heavy (non-hydrogen) atoms. The number of hydrogen-bond acceptors (Lipinski definition) is 12. The van der Waals surface area contributed by atoms with Gasteiger partial charge in [-0.1, -0.05) is 83.4 Å². The molecule has 0 bridgehead atoms. The zero-order chi connectivity index (χ0) is 54.8. The largest absolute Gasteiger partial charge is 0.457 e. The van der Waals surface area contributed by atoms with Crippen molar-refractivity contribution in [3.8, 4) is 34.1 Å². The minimum atomic E-state index is -5.92. The number of rotatable bonds is 17. The van der Waals surface area contributed by atoms with Crippen LogP contribution in [0.2, 0.25) is 0 Å². The summed E-state index contributed by atoms with van der Waals surface area (Å²) in [6.45, 7) is 3.57. The summed E-state index contributed by atoms with van der Waals surface area (Å²) in [6.07, 6.45) is -11.7. The van der Waals surface area contributed by atoms with E-state index in [9.17, 15) is 29.8 Å². The van der Waals surface area contributed by atoms with E-state index >= 15 is 26.3 Å². The van der Waals surface area contributed by atoms with E-state index in [2.05, 4.69) is 9.37 Å². The van der Waals surface area contributed by atoms with Gasteiger partial charge in [0.2, 0.25) is 25.1 Å². The molecule has 12 nitrogen and oxygen atoms in total. The Labute approximate surface area is 436 Å². The van der Waals surface area contributed by atoms with Crippen LogP contribution in [0.4, 0.5) is 26.3 Å². The second-order valence-electron chi connectivity index (χ2n) is 17.1. The van der Waals surface area contributed by atoms with Crippen LogP contribution in [0.5, 0.6) is 23.0 Å². The Kier molecular flexibility index (Phi) is 15.7. The number of benzene rings is 8. The third-order valence-electron chi connectivity index (χ3n) is 12.0. The van der Waals surface area contributed by atoms with Crippen molar-refractivity contribution in [2.24, 2.45) is 0 Å². The molecule has 0 fully saturated rings. The van der Waals surface area contributed by atoms with Crippen LogP contribution in [0.3, 0.4) is 0 Å². The van der Waals surface area contributed by atoms with Gasteiger partial charge in [-0.15, -0.1) is 4.33 Å². The van der Waals surface area contributed by atoms with E-state index in [1.165, 1.54) is 97.1 Å². The molecule has 394 valence electrons. The van der Waals surface area contributed by atoms with E-state index in [1.807, 2.05) is 0 Å². The quantitative estimate of drug-likeness (QED) is 0.0289. The van der Waals surface area contributed by atoms with Gasteiger partial charge >= 0.3 is 12.4 Å².